The van der Waals surface area contributed by atoms with E-state index in [9.17, 15) is 27.5 Å². The van der Waals surface area contributed by atoms with Crippen LogP contribution in [-0.2, 0) is 11.0 Å². The van der Waals surface area contributed by atoms with Crippen molar-refractivity contribution in [1.82, 2.24) is 20.2 Å². The number of piperazine rings is 1. The zero-order chi connectivity index (χ0) is 26.2. The maximum atomic E-state index is 14.3. The maximum absolute atomic E-state index is 14.3. The van der Waals surface area contributed by atoms with Gasteiger partial charge in [0.2, 0.25) is 0 Å². The summed E-state index contributed by atoms with van der Waals surface area (Å²) in [4.78, 5) is 25.1. The minimum absolute atomic E-state index is 0.0257. The van der Waals surface area contributed by atoms with Crippen LogP contribution in [-0.4, -0.2) is 64.6 Å². The molecule has 7 nitrogen and oxygen atoms in total. The van der Waals surface area contributed by atoms with Crippen molar-refractivity contribution in [3.63, 3.8) is 0 Å². The van der Waals surface area contributed by atoms with Crippen LogP contribution in [0.15, 0.2) is 24.5 Å². The van der Waals surface area contributed by atoms with E-state index in [2.05, 4.69) is 25.1 Å². The number of aliphatic hydroxyl groups is 1. The summed E-state index contributed by atoms with van der Waals surface area (Å²) >= 11 is 0. The molecule has 11 heteroatoms. The van der Waals surface area contributed by atoms with E-state index in [4.69, 9.17) is 0 Å². The lowest BCUT2D eigenvalue weighted by molar-refractivity contribution is -0.140. The van der Waals surface area contributed by atoms with Gasteiger partial charge in [-0.2, -0.15) is 13.2 Å². The fourth-order valence-corrected chi connectivity index (χ4v) is 5.25. The van der Waals surface area contributed by atoms with Crippen molar-refractivity contribution in [3.05, 3.63) is 52.7 Å². The van der Waals surface area contributed by atoms with E-state index in [0.29, 0.717) is 50.6 Å². The lowest BCUT2D eigenvalue weighted by atomic mass is 9.94. The molecule has 2 heterocycles. The minimum atomic E-state index is -4.81. The van der Waals surface area contributed by atoms with Gasteiger partial charge in [-0.15, -0.1) is 0 Å². The number of benzene rings is 1. The molecule has 0 radical (unpaired) electrons. The number of rotatable bonds is 7. The number of alkyl halides is 3. The average Bonchev–Trinajstić information content (AvgIpc) is 3.11. The molecular formula is C25H31F4N5O2. The molecule has 1 aromatic carbocycles. The van der Waals surface area contributed by atoms with Crippen LogP contribution in [0, 0.1) is 5.82 Å². The Morgan fingerprint density at radius 3 is 2.44 bits per heavy atom. The Labute approximate surface area is 207 Å². The van der Waals surface area contributed by atoms with Gasteiger partial charge in [0.05, 0.1) is 29.4 Å². The van der Waals surface area contributed by atoms with Gasteiger partial charge in [0.1, 0.15) is 24.2 Å². The summed E-state index contributed by atoms with van der Waals surface area (Å²) in [6.07, 6.45) is -3.21. The van der Waals surface area contributed by atoms with E-state index in [0.717, 1.165) is 17.4 Å². The molecule has 0 saturated carbocycles. The van der Waals surface area contributed by atoms with Crippen molar-refractivity contribution >= 4 is 12.1 Å². The molecule has 0 spiro atoms. The molecule has 1 aliphatic carbocycles. The molecule has 2 aliphatic rings. The van der Waals surface area contributed by atoms with Crippen LogP contribution in [0.1, 0.15) is 67.5 Å². The summed E-state index contributed by atoms with van der Waals surface area (Å²) < 4.78 is 53.4. The third-order valence-corrected chi connectivity index (χ3v) is 6.96. The molecule has 0 amide bonds. The molecule has 1 fully saturated rings. The monoisotopic (exact) mass is 509 g/mol. The van der Waals surface area contributed by atoms with E-state index in [1.807, 2.05) is 20.8 Å². The van der Waals surface area contributed by atoms with E-state index < -0.39 is 35.7 Å². The number of fused-ring (bicyclic) bond motifs is 1. The first kappa shape index (κ1) is 26.4. The van der Waals surface area contributed by atoms with E-state index >= 15 is 0 Å². The second-order valence-corrected chi connectivity index (χ2v) is 9.84. The van der Waals surface area contributed by atoms with Crippen LogP contribution in [0.2, 0.25) is 0 Å². The van der Waals surface area contributed by atoms with Crippen molar-refractivity contribution in [2.24, 2.45) is 0 Å². The van der Waals surface area contributed by atoms with Crippen molar-refractivity contribution in [2.75, 3.05) is 31.1 Å². The summed E-state index contributed by atoms with van der Waals surface area (Å²) in [5.41, 5.74) is 0.461. The molecule has 4 atom stereocenters. The lowest BCUT2D eigenvalue weighted by Gasteiger charge is -2.43. The molecule has 2 unspecified atom stereocenters. The number of hydrogen-bond acceptors (Lipinski definition) is 7. The fourth-order valence-electron chi connectivity index (χ4n) is 5.25. The second kappa shape index (κ2) is 10.4. The largest absolute Gasteiger partial charge is 0.419 e. The number of anilines is 1. The summed E-state index contributed by atoms with van der Waals surface area (Å²) in [5.74, 6) is -1.33. The summed E-state index contributed by atoms with van der Waals surface area (Å²) in [5, 5.41) is 13.6. The van der Waals surface area contributed by atoms with Crippen LogP contribution in [0.25, 0.3) is 0 Å². The Balaban J connectivity index is 1.55. The van der Waals surface area contributed by atoms with Gasteiger partial charge in [-0.3, -0.25) is 10.2 Å². The van der Waals surface area contributed by atoms with E-state index in [1.54, 1.807) is 0 Å². The molecule has 196 valence electrons. The SMILES string of the molecule is CC(C)NC(C(C=O)c1ccc(C(F)(F)F)c(F)c1)N1CCN(c2ncnc3c2[C@H](C)C[C@H]3O)CC1. The smallest absolute Gasteiger partial charge is 0.387 e. The maximum Gasteiger partial charge on any atom is 0.419 e. The fraction of sp³-hybridized carbons (Fsp3) is 0.560. The predicted octanol–water partition coefficient (Wildman–Crippen LogP) is 3.60. The highest BCUT2D eigenvalue weighted by atomic mass is 19.4. The quantitative estimate of drug-likeness (QED) is 0.436. The third-order valence-electron chi connectivity index (χ3n) is 6.96. The first-order valence-electron chi connectivity index (χ1n) is 12.1. The van der Waals surface area contributed by atoms with Crippen molar-refractivity contribution in [3.8, 4) is 0 Å². The first-order valence-corrected chi connectivity index (χ1v) is 12.1. The molecule has 36 heavy (non-hydrogen) atoms. The summed E-state index contributed by atoms with van der Waals surface area (Å²) in [6.45, 7) is 8.15. The zero-order valence-electron chi connectivity index (χ0n) is 20.5. The average molecular weight is 510 g/mol. The lowest BCUT2D eigenvalue weighted by Crippen LogP contribution is -2.58. The van der Waals surface area contributed by atoms with Crippen molar-refractivity contribution in [2.45, 2.75) is 63.5 Å². The normalized spacial score (nSPS) is 22.5. The van der Waals surface area contributed by atoms with Gasteiger partial charge < -0.3 is 14.8 Å². The Morgan fingerprint density at radius 1 is 1.17 bits per heavy atom. The number of nitrogens with one attached hydrogen (secondary N) is 1. The highest BCUT2D eigenvalue weighted by Gasteiger charge is 2.37. The minimum Gasteiger partial charge on any atom is -0.387 e. The topological polar surface area (TPSA) is 81.6 Å². The van der Waals surface area contributed by atoms with Gasteiger partial charge in [0, 0.05) is 37.8 Å². The second-order valence-electron chi connectivity index (χ2n) is 9.84. The number of carbonyl (C=O) groups excluding carboxylic acids is 1. The molecule has 2 N–H and O–H groups in total. The summed E-state index contributed by atoms with van der Waals surface area (Å²) in [7, 11) is 0. The Hall–Kier alpha value is -2.63. The predicted molar refractivity (Wildman–Crippen MR) is 126 cm³/mol. The number of hydrogen-bond donors (Lipinski definition) is 2. The third kappa shape index (κ3) is 5.23. The van der Waals surface area contributed by atoms with Gasteiger partial charge in [-0.25, -0.2) is 14.4 Å². The van der Waals surface area contributed by atoms with Crippen molar-refractivity contribution in [1.29, 1.82) is 0 Å². The number of carbonyl (C=O) groups is 1. The van der Waals surface area contributed by atoms with Crippen molar-refractivity contribution < 1.29 is 27.5 Å². The standard InChI is InChI=1S/C25H31F4N5O2/c1-14(2)32-23(17(12-35)16-4-5-18(19(26)11-16)25(27,28)29)33-6-8-34(9-7-33)24-21-15(3)10-20(36)22(21)30-13-31-24/h4-5,11-15,17,20,23,32,36H,6-10H2,1-3H3/t15-,17?,20-,23?/m1/s1. The van der Waals surface area contributed by atoms with E-state index in [-0.39, 0.29) is 17.5 Å². The van der Waals surface area contributed by atoms with Gasteiger partial charge in [0.25, 0.3) is 0 Å². The molecule has 2 aromatic rings. The molecule has 0 bridgehead atoms. The molecule has 1 aromatic heterocycles. The van der Waals surface area contributed by atoms with Gasteiger partial charge >= 0.3 is 6.18 Å². The number of aromatic nitrogens is 2. The van der Waals surface area contributed by atoms with E-state index in [1.165, 1.54) is 12.4 Å². The Kier molecular flexibility index (Phi) is 7.63. The number of aliphatic hydroxyl groups excluding tert-OH is 1. The summed E-state index contributed by atoms with van der Waals surface area (Å²) in [6, 6.07) is 2.65. The first-order chi connectivity index (χ1) is 17.0. The van der Waals surface area contributed by atoms with Crippen LogP contribution in [0.3, 0.4) is 0 Å². The van der Waals surface area contributed by atoms with Crippen LogP contribution in [0.4, 0.5) is 23.4 Å². The van der Waals surface area contributed by atoms with Crippen LogP contribution >= 0.6 is 0 Å². The molecule has 1 aliphatic heterocycles. The number of nitrogens with zero attached hydrogens (tertiary/aromatic N) is 4. The Bertz CT molecular complexity index is 1090. The number of aldehydes is 1. The molecule has 4 rings (SSSR count). The zero-order valence-corrected chi connectivity index (χ0v) is 20.5. The van der Waals surface area contributed by atoms with Gasteiger partial charge in [0.15, 0.2) is 0 Å². The Morgan fingerprint density at radius 2 is 1.86 bits per heavy atom. The van der Waals surface area contributed by atoms with Gasteiger partial charge in [-0.1, -0.05) is 13.0 Å². The molecule has 1 saturated heterocycles. The van der Waals surface area contributed by atoms with Crippen LogP contribution in [0.5, 0.6) is 0 Å². The number of halogens is 4. The van der Waals surface area contributed by atoms with Crippen LogP contribution < -0.4 is 10.2 Å². The highest BCUT2D eigenvalue weighted by Crippen LogP contribution is 2.43. The highest BCUT2D eigenvalue weighted by molar-refractivity contribution is 5.64. The van der Waals surface area contributed by atoms with Gasteiger partial charge in [-0.05, 0) is 43.9 Å². The molecular weight excluding hydrogens is 478 g/mol.